The molecule has 0 spiro atoms. The summed E-state index contributed by atoms with van der Waals surface area (Å²) in [4.78, 5) is 0. The molecular formula is C13H17N3S. The van der Waals surface area contributed by atoms with Gasteiger partial charge in [0.15, 0.2) is 0 Å². The molecule has 0 bridgehead atoms. The molecule has 1 N–H and O–H groups in total. The van der Waals surface area contributed by atoms with Crippen molar-refractivity contribution in [2.45, 2.75) is 26.8 Å². The standard InChI is InChI=1S/C13H17N3S/c1-10(2)7-11-3-5-12(6-4-11)8-14-13-16-15-9-17-13/h3-6,9-10H,7-8H2,1-2H3,(H,14,16). The van der Waals surface area contributed by atoms with Crippen LogP contribution in [0.5, 0.6) is 0 Å². The minimum absolute atomic E-state index is 0.709. The second-order valence-electron chi connectivity index (χ2n) is 4.51. The minimum atomic E-state index is 0.709. The van der Waals surface area contributed by atoms with Gasteiger partial charge in [0, 0.05) is 6.54 Å². The molecule has 2 aromatic rings. The Hall–Kier alpha value is -1.42. The SMILES string of the molecule is CC(C)Cc1ccc(CNc2nncs2)cc1. The topological polar surface area (TPSA) is 37.8 Å². The lowest BCUT2D eigenvalue weighted by molar-refractivity contribution is 0.647. The number of hydrogen-bond acceptors (Lipinski definition) is 4. The molecule has 0 fully saturated rings. The van der Waals surface area contributed by atoms with Crippen LogP contribution >= 0.6 is 11.3 Å². The molecule has 4 heteroatoms. The van der Waals surface area contributed by atoms with Gasteiger partial charge in [0.1, 0.15) is 5.51 Å². The molecule has 1 heterocycles. The summed E-state index contributed by atoms with van der Waals surface area (Å²) in [6.45, 7) is 5.28. The van der Waals surface area contributed by atoms with Crippen LogP contribution in [-0.4, -0.2) is 10.2 Å². The van der Waals surface area contributed by atoms with E-state index in [1.54, 1.807) is 5.51 Å². The van der Waals surface area contributed by atoms with Crippen molar-refractivity contribution in [1.82, 2.24) is 10.2 Å². The van der Waals surface area contributed by atoms with Gasteiger partial charge in [-0.05, 0) is 23.5 Å². The van der Waals surface area contributed by atoms with Crippen molar-refractivity contribution in [1.29, 1.82) is 0 Å². The molecule has 0 aliphatic carbocycles. The average molecular weight is 247 g/mol. The van der Waals surface area contributed by atoms with Crippen LogP contribution in [0.2, 0.25) is 0 Å². The van der Waals surface area contributed by atoms with Crippen LogP contribution < -0.4 is 5.32 Å². The first-order valence-electron chi connectivity index (χ1n) is 5.82. The zero-order chi connectivity index (χ0) is 12.1. The fraction of sp³-hybridized carbons (Fsp3) is 0.385. The van der Waals surface area contributed by atoms with Crippen LogP contribution in [0.15, 0.2) is 29.8 Å². The van der Waals surface area contributed by atoms with E-state index in [2.05, 4.69) is 53.6 Å². The molecular weight excluding hydrogens is 230 g/mol. The van der Waals surface area contributed by atoms with Crippen molar-refractivity contribution in [3.63, 3.8) is 0 Å². The predicted octanol–water partition coefficient (Wildman–Crippen LogP) is 3.35. The molecule has 90 valence electrons. The lowest BCUT2D eigenvalue weighted by atomic mass is 10.0. The van der Waals surface area contributed by atoms with E-state index in [1.165, 1.54) is 22.5 Å². The molecule has 0 aliphatic heterocycles. The zero-order valence-electron chi connectivity index (χ0n) is 10.2. The van der Waals surface area contributed by atoms with Gasteiger partial charge in [-0.3, -0.25) is 0 Å². The monoisotopic (exact) mass is 247 g/mol. The normalized spacial score (nSPS) is 10.8. The fourth-order valence-electron chi connectivity index (χ4n) is 1.69. The second kappa shape index (κ2) is 5.77. The highest BCUT2D eigenvalue weighted by atomic mass is 32.1. The Kier molecular flexibility index (Phi) is 4.09. The molecule has 3 nitrogen and oxygen atoms in total. The van der Waals surface area contributed by atoms with Crippen LogP contribution in [0.4, 0.5) is 5.13 Å². The van der Waals surface area contributed by atoms with E-state index in [9.17, 15) is 0 Å². The van der Waals surface area contributed by atoms with Crippen molar-refractivity contribution < 1.29 is 0 Å². The third-order valence-corrected chi connectivity index (χ3v) is 3.12. The molecule has 0 saturated carbocycles. The Morgan fingerprint density at radius 1 is 1.18 bits per heavy atom. The molecule has 0 unspecified atom stereocenters. The van der Waals surface area contributed by atoms with Gasteiger partial charge >= 0.3 is 0 Å². The summed E-state index contributed by atoms with van der Waals surface area (Å²) >= 11 is 1.52. The summed E-state index contributed by atoms with van der Waals surface area (Å²) in [6.07, 6.45) is 1.14. The van der Waals surface area contributed by atoms with E-state index in [4.69, 9.17) is 0 Å². The van der Waals surface area contributed by atoms with Gasteiger partial charge in [-0.25, -0.2) is 0 Å². The summed E-state index contributed by atoms with van der Waals surface area (Å²) in [5.74, 6) is 0.709. The number of nitrogens with one attached hydrogen (secondary N) is 1. The first-order chi connectivity index (χ1) is 8.24. The number of anilines is 1. The van der Waals surface area contributed by atoms with Gasteiger partial charge in [-0.1, -0.05) is 49.4 Å². The Labute approximate surface area is 106 Å². The van der Waals surface area contributed by atoms with E-state index in [-0.39, 0.29) is 0 Å². The van der Waals surface area contributed by atoms with Crippen molar-refractivity contribution in [2.75, 3.05) is 5.32 Å². The van der Waals surface area contributed by atoms with Crippen LogP contribution in [0, 0.1) is 5.92 Å². The van der Waals surface area contributed by atoms with E-state index >= 15 is 0 Å². The summed E-state index contributed by atoms with van der Waals surface area (Å²) in [7, 11) is 0. The lowest BCUT2D eigenvalue weighted by Crippen LogP contribution is -2.00. The van der Waals surface area contributed by atoms with E-state index in [0.29, 0.717) is 5.92 Å². The maximum atomic E-state index is 3.95. The van der Waals surface area contributed by atoms with Crippen LogP contribution in [0.25, 0.3) is 0 Å². The highest BCUT2D eigenvalue weighted by Gasteiger charge is 1.99. The zero-order valence-corrected chi connectivity index (χ0v) is 11.0. The van der Waals surface area contributed by atoms with E-state index in [1.807, 2.05) is 0 Å². The number of aromatic nitrogens is 2. The maximum absolute atomic E-state index is 3.95. The van der Waals surface area contributed by atoms with Crippen LogP contribution in [-0.2, 0) is 13.0 Å². The van der Waals surface area contributed by atoms with Gasteiger partial charge in [-0.15, -0.1) is 10.2 Å². The predicted molar refractivity (Wildman–Crippen MR) is 72.2 cm³/mol. The summed E-state index contributed by atoms with van der Waals surface area (Å²) in [5.41, 5.74) is 4.40. The van der Waals surface area contributed by atoms with Gasteiger partial charge in [0.2, 0.25) is 5.13 Å². The smallest absolute Gasteiger partial charge is 0.205 e. The molecule has 1 aromatic carbocycles. The van der Waals surface area contributed by atoms with Crippen LogP contribution in [0.3, 0.4) is 0 Å². The van der Waals surface area contributed by atoms with Gasteiger partial charge < -0.3 is 5.32 Å². The highest BCUT2D eigenvalue weighted by Crippen LogP contribution is 2.12. The molecule has 1 aromatic heterocycles. The van der Waals surface area contributed by atoms with E-state index in [0.717, 1.165) is 18.1 Å². The molecule has 0 amide bonds. The van der Waals surface area contributed by atoms with Crippen molar-refractivity contribution >= 4 is 16.5 Å². The third-order valence-electron chi connectivity index (χ3n) is 2.47. The second-order valence-corrected chi connectivity index (χ2v) is 5.35. The highest BCUT2D eigenvalue weighted by molar-refractivity contribution is 7.13. The van der Waals surface area contributed by atoms with Crippen molar-refractivity contribution in [2.24, 2.45) is 5.92 Å². The number of nitrogens with zero attached hydrogens (tertiary/aromatic N) is 2. The Bertz CT molecular complexity index is 434. The largest absolute Gasteiger partial charge is 0.356 e. The van der Waals surface area contributed by atoms with Gasteiger partial charge in [-0.2, -0.15) is 0 Å². The maximum Gasteiger partial charge on any atom is 0.205 e. The molecule has 2 rings (SSSR count). The Balaban J connectivity index is 1.89. The molecule has 17 heavy (non-hydrogen) atoms. The molecule has 0 aliphatic rings. The lowest BCUT2D eigenvalue weighted by Gasteiger charge is -2.06. The summed E-state index contributed by atoms with van der Waals surface area (Å²) < 4.78 is 0. The van der Waals surface area contributed by atoms with Crippen LogP contribution in [0.1, 0.15) is 25.0 Å². The summed E-state index contributed by atoms with van der Waals surface area (Å²) in [5, 5.41) is 11.9. The van der Waals surface area contributed by atoms with Crippen molar-refractivity contribution in [3.8, 4) is 0 Å². The number of rotatable bonds is 5. The average Bonchev–Trinajstić information content (AvgIpc) is 2.80. The minimum Gasteiger partial charge on any atom is -0.356 e. The molecule has 0 atom stereocenters. The number of benzene rings is 1. The quantitative estimate of drug-likeness (QED) is 0.880. The third kappa shape index (κ3) is 3.82. The van der Waals surface area contributed by atoms with Gasteiger partial charge in [0.05, 0.1) is 0 Å². The van der Waals surface area contributed by atoms with Gasteiger partial charge in [0.25, 0.3) is 0 Å². The summed E-state index contributed by atoms with van der Waals surface area (Å²) in [6, 6.07) is 8.76. The first kappa shape index (κ1) is 12.0. The Morgan fingerprint density at radius 3 is 2.47 bits per heavy atom. The number of hydrogen-bond donors (Lipinski definition) is 1. The first-order valence-corrected chi connectivity index (χ1v) is 6.70. The molecule has 0 saturated heterocycles. The van der Waals surface area contributed by atoms with E-state index < -0.39 is 0 Å². The Morgan fingerprint density at radius 2 is 1.88 bits per heavy atom. The molecule has 0 radical (unpaired) electrons. The fourth-order valence-corrected chi connectivity index (χ4v) is 2.14. The van der Waals surface area contributed by atoms with Crippen molar-refractivity contribution in [3.05, 3.63) is 40.9 Å².